The third-order valence-corrected chi connectivity index (χ3v) is 3.49. The SMILES string of the molecule is COc1ccc([C@@H](CCl)NC(=O)OCc2ccccc2)cc1. The lowest BCUT2D eigenvalue weighted by Gasteiger charge is -2.16. The van der Waals surface area contributed by atoms with Crippen molar-refractivity contribution in [3.63, 3.8) is 0 Å². The van der Waals surface area contributed by atoms with Crippen LogP contribution in [-0.2, 0) is 11.3 Å². The van der Waals surface area contributed by atoms with E-state index in [1.165, 1.54) is 0 Å². The number of nitrogens with one attached hydrogen (secondary N) is 1. The van der Waals surface area contributed by atoms with Crippen molar-refractivity contribution in [2.24, 2.45) is 0 Å². The Labute approximate surface area is 135 Å². The number of rotatable bonds is 6. The van der Waals surface area contributed by atoms with Crippen LogP contribution in [0.25, 0.3) is 0 Å². The Bertz CT molecular complexity index is 587. The summed E-state index contributed by atoms with van der Waals surface area (Å²) in [6.45, 7) is 0.226. The van der Waals surface area contributed by atoms with Crippen LogP contribution in [0.5, 0.6) is 5.75 Å². The van der Waals surface area contributed by atoms with Gasteiger partial charge in [-0.2, -0.15) is 0 Å². The average molecular weight is 320 g/mol. The number of halogens is 1. The molecule has 1 N–H and O–H groups in total. The molecule has 1 atom stereocenters. The van der Waals surface area contributed by atoms with Gasteiger partial charge in [-0.15, -0.1) is 11.6 Å². The van der Waals surface area contributed by atoms with Gasteiger partial charge < -0.3 is 14.8 Å². The molecule has 4 nitrogen and oxygen atoms in total. The number of hydrogen-bond acceptors (Lipinski definition) is 3. The molecule has 0 aliphatic rings. The number of ether oxygens (including phenoxy) is 2. The fourth-order valence-corrected chi connectivity index (χ4v) is 2.21. The van der Waals surface area contributed by atoms with Gasteiger partial charge in [0, 0.05) is 5.88 Å². The highest BCUT2D eigenvalue weighted by molar-refractivity contribution is 6.18. The number of alkyl carbamates (subject to hydrolysis) is 1. The Morgan fingerprint density at radius 1 is 1.14 bits per heavy atom. The monoisotopic (exact) mass is 319 g/mol. The van der Waals surface area contributed by atoms with E-state index < -0.39 is 6.09 Å². The van der Waals surface area contributed by atoms with Crippen molar-refractivity contribution in [1.82, 2.24) is 5.32 Å². The lowest BCUT2D eigenvalue weighted by molar-refractivity contribution is 0.136. The number of amides is 1. The quantitative estimate of drug-likeness (QED) is 0.821. The Morgan fingerprint density at radius 2 is 1.82 bits per heavy atom. The molecule has 0 heterocycles. The molecule has 116 valence electrons. The smallest absolute Gasteiger partial charge is 0.407 e. The van der Waals surface area contributed by atoms with Gasteiger partial charge in [-0.1, -0.05) is 42.5 Å². The van der Waals surface area contributed by atoms with Crippen LogP contribution in [0.4, 0.5) is 4.79 Å². The van der Waals surface area contributed by atoms with E-state index in [0.29, 0.717) is 0 Å². The summed E-state index contributed by atoms with van der Waals surface area (Å²) in [5.41, 5.74) is 1.83. The summed E-state index contributed by atoms with van der Waals surface area (Å²) in [5, 5.41) is 2.76. The number of hydrogen-bond donors (Lipinski definition) is 1. The lowest BCUT2D eigenvalue weighted by atomic mass is 10.1. The zero-order chi connectivity index (χ0) is 15.8. The van der Waals surface area contributed by atoms with Gasteiger partial charge in [0.15, 0.2) is 0 Å². The van der Waals surface area contributed by atoms with Gasteiger partial charge in [-0.3, -0.25) is 0 Å². The summed E-state index contributed by atoms with van der Waals surface area (Å²) in [4.78, 5) is 11.9. The number of carbonyl (C=O) groups excluding carboxylic acids is 1. The summed E-state index contributed by atoms with van der Waals surface area (Å²) < 4.78 is 10.3. The minimum atomic E-state index is -0.495. The first-order valence-electron chi connectivity index (χ1n) is 6.90. The maximum absolute atomic E-state index is 11.9. The molecule has 2 aromatic carbocycles. The van der Waals surface area contributed by atoms with Gasteiger partial charge in [-0.05, 0) is 23.3 Å². The van der Waals surface area contributed by atoms with Crippen LogP contribution >= 0.6 is 11.6 Å². The van der Waals surface area contributed by atoms with Crippen LogP contribution < -0.4 is 10.1 Å². The standard InChI is InChI=1S/C17H18ClNO3/c1-21-15-9-7-14(8-10-15)16(11-18)19-17(20)22-12-13-5-3-2-4-6-13/h2-10,16H,11-12H2,1H3,(H,19,20)/t16-/m1/s1. The number of alkyl halides is 1. The molecule has 1 amide bonds. The molecule has 22 heavy (non-hydrogen) atoms. The third-order valence-electron chi connectivity index (χ3n) is 3.18. The summed E-state index contributed by atoms with van der Waals surface area (Å²) in [6.07, 6.45) is -0.495. The normalized spacial score (nSPS) is 11.5. The van der Waals surface area contributed by atoms with Crippen LogP contribution in [0.3, 0.4) is 0 Å². The Balaban J connectivity index is 1.90. The number of methoxy groups -OCH3 is 1. The van der Waals surface area contributed by atoms with Crippen molar-refractivity contribution in [2.45, 2.75) is 12.6 Å². The molecular formula is C17H18ClNO3. The molecule has 2 rings (SSSR count). The van der Waals surface area contributed by atoms with Gasteiger partial charge in [0.25, 0.3) is 0 Å². The molecule has 0 bridgehead atoms. The fraction of sp³-hybridized carbons (Fsp3) is 0.235. The largest absolute Gasteiger partial charge is 0.497 e. The first-order valence-corrected chi connectivity index (χ1v) is 7.43. The summed E-state index contributed by atoms with van der Waals surface area (Å²) >= 11 is 5.94. The van der Waals surface area contributed by atoms with Crippen LogP contribution in [-0.4, -0.2) is 19.1 Å². The van der Waals surface area contributed by atoms with E-state index in [1.54, 1.807) is 7.11 Å². The van der Waals surface area contributed by atoms with E-state index in [-0.39, 0.29) is 18.5 Å². The van der Waals surface area contributed by atoms with E-state index in [2.05, 4.69) is 5.32 Å². The molecule has 0 fully saturated rings. The lowest BCUT2D eigenvalue weighted by Crippen LogP contribution is -2.30. The van der Waals surface area contributed by atoms with E-state index in [9.17, 15) is 4.79 Å². The van der Waals surface area contributed by atoms with Gasteiger partial charge in [0.1, 0.15) is 12.4 Å². The van der Waals surface area contributed by atoms with Crippen LogP contribution in [0.2, 0.25) is 0 Å². The molecule has 0 radical (unpaired) electrons. The van der Waals surface area contributed by atoms with E-state index in [4.69, 9.17) is 21.1 Å². The maximum Gasteiger partial charge on any atom is 0.407 e. The van der Waals surface area contributed by atoms with E-state index in [0.717, 1.165) is 16.9 Å². The van der Waals surface area contributed by atoms with Gasteiger partial charge >= 0.3 is 6.09 Å². The summed E-state index contributed by atoms with van der Waals surface area (Å²) in [5.74, 6) is 1.01. The molecular weight excluding hydrogens is 302 g/mol. The van der Waals surface area contributed by atoms with Crippen molar-refractivity contribution in [1.29, 1.82) is 0 Å². The zero-order valence-corrected chi connectivity index (χ0v) is 13.0. The highest BCUT2D eigenvalue weighted by Crippen LogP contribution is 2.19. The van der Waals surface area contributed by atoms with Crippen molar-refractivity contribution in [3.8, 4) is 5.75 Å². The number of benzene rings is 2. The minimum Gasteiger partial charge on any atom is -0.497 e. The highest BCUT2D eigenvalue weighted by atomic mass is 35.5. The Morgan fingerprint density at radius 3 is 2.41 bits per heavy atom. The molecule has 5 heteroatoms. The summed E-state index contributed by atoms with van der Waals surface area (Å²) in [7, 11) is 1.60. The van der Waals surface area contributed by atoms with E-state index in [1.807, 2.05) is 54.6 Å². The van der Waals surface area contributed by atoms with Crippen molar-refractivity contribution >= 4 is 17.7 Å². The average Bonchev–Trinajstić information content (AvgIpc) is 2.59. The minimum absolute atomic E-state index is 0.226. The van der Waals surface area contributed by atoms with Crippen LogP contribution in [0.15, 0.2) is 54.6 Å². The van der Waals surface area contributed by atoms with Gasteiger partial charge in [-0.25, -0.2) is 4.79 Å². The van der Waals surface area contributed by atoms with Crippen molar-refractivity contribution < 1.29 is 14.3 Å². The molecule has 0 aliphatic heterocycles. The van der Waals surface area contributed by atoms with Crippen molar-refractivity contribution in [3.05, 3.63) is 65.7 Å². The second-order valence-corrected chi connectivity index (χ2v) is 4.99. The first kappa shape index (κ1) is 16.2. The van der Waals surface area contributed by atoms with Crippen LogP contribution in [0.1, 0.15) is 17.2 Å². The van der Waals surface area contributed by atoms with E-state index >= 15 is 0 Å². The predicted molar refractivity (Wildman–Crippen MR) is 86.2 cm³/mol. The number of carbonyl (C=O) groups is 1. The first-order chi connectivity index (χ1) is 10.7. The molecule has 0 aromatic heterocycles. The molecule has 0 unspecified atom stereocenters. The molecule has 0 spiro atoms. The highest BCUT2D eigenvalue weighted by Gasteiger charge is 2.14. The second-order valence-electron chi connectivity index (χ2n) is 4.69. The Hall–Kier alpha value is -2.20. The predicted octanol–water partition coefficient (Wildman–Crippen LogP) is 3.90. The molecule has 0 aliphatic carbocycles. The summed E-state index contributed by atoms with van der Waals surface area (Å²) in [6, 6.07) is 16.6. The maximum atomic E-state index is 11.9. The van der Waals surface area contributed by atoms with Crippen molar-refractivity contribution in [2.75, 3.05) is 13.0 Å². The fourth-order valence-electron chi connectivity index (χ4n) is 1.95. The third kappa shape index (κ3) is 4.67. The van der Waals surface area contributed by atoms with Crippen LogP contribution in [0, 0.1) is 0 Å². The van der Waals surface area contributed by atoms with Gasteiger partial charge in [0.05, 0.1) is 13.2 Å². The Kier molecular flexibility index (Phi) is 6.10. The zero-order valence-electron chi connectivity index (χ0n) is 12.3. The molecule has 2 aromatic rings. The molecule has 0 saturated heterocycles. The molecule has 0 saturated carbocycles. The van der Waals surface area contributed by atoms with Gasteiger partial charge in [0.2, 0.25) is 0 Å². The second kappa shape index (κ2) is 8.29. The topological polar surface area (TPSA) is 47.6 Å².